The molecule has 1 amide bonds. The van der Waals surface area contributed by atoms with Crippen LogP contribution >= 0.6 is 0 Å². The maximum absolute atomic E-state index is 12.7. The number of amides is 1. The summed E-state index contributed by atoms with van der Waals surface area (Å²) >= 11 is 0. The van der Waals surface area contributed by atoms with Crippen molar-refractivity contribution < 1.29 is 14.3 Å². The fourth-order valence-electron chi connectivity index (χ4n) is 3.82. The number of nitrogens with zero attached hydrogens (tertiary/aromatic N) is 1. The van der Waals surface area contributed by atoms with Crippen molar-refractivity contribution in [2.24, 2.45) is 5.92 Å². The van der Waals surface area contributed by atoms with Gasteiger partial charge in [0.2, 0.25) is 5.91 Å². The lowest BCUT2D eigenvalue weighted by Gasteiger charge is -2.33. The predicted octanol–water partition coefficient (Wildman–Crippen LogP) is 1.42. The number of methoxy groups -OCH3 is 2. The van der Waals surface area contributed by atoms with Crippen LogP contribution < -0.4 is 5.32 Å². The van der Waals surface area contributed by atoms with Gasteiger partial charge in [-0.25, -0.2) is 0 Å². The van der Waals surface area contributed by atoms with Crippen molar-refractivity contribution in [2.45, 2.75) is 57.2 Å². The van der Waals surface area contributed by atoms with Crippen molar-refractivity contribution in [1.82, 2.24) is 10.2 Å². The van der Waals surface area contributed by atoms with Crippen LogP contribution in [0, 0.1) is 5.92 Å². The standard InChI is InChI=1S/C16H30N2O3/c1-12(11-21-3)18(6-7-20-2)16(19)10-13-8-14-4-5-15(9-13)17-14/h12-15,17H,4-11H2,1-3H3. The predicted molar refractivity (Wildman–Crippen MR) is 82.2 cm³/mol. The molecule has 2 saturated heterocycles. The summed E-state index contributed by atoms with van der Waals surface area (Å²) in [4.78, 5) is 14.6. The van der Waals surface area contributed by atoms with Crippen LogP contribution in [-0.2, 0) is 14.3 Å². The van der Waals surface area contributed by atoms with Crippen LogP contribution in [0.5, 0.6) is 0 Å². The molecule has 0 radical (unpaired) electrons. The van der Waals surface area contributed by atoms with Crippen LogP contribution in [0.1, 0.15) is 39.0 Å². The van der Waals surface area contributed by atoms with E-state index in [1.165, 1.54) is 12.8 Å². The molecule has 21 heavy (non-hydrogen) atoms. The van der Waals surface area contributed by atoms with Gasteiger partial charge in [0.25, 0.3) is 0 Å². The van der Waals surface area contributed by atoms with Gasteiger partial charge in [0.05, 0.1) is 19.3 Å². The summed E-state index contributed by atoms with van der Waals surface area (Å²) in [6.45, 7) is 3.85. The SMILES string of the molecule is COCCN(C(=O)CC1CC2CCC(C1)N2)C(C)COC. The summed E-state index contributed by atoms with van der Waals surface area (Å²) in [5, 5.41) is 3.64. The number of rotatable bonds is 8. The number of hydrogen-bond acceptors (Lipinski definition) is 4. The Labute approximate surface area is 128 Å². The molecule has 2 fully saturated rings. The van der Waals surface area contributed by atoms with Crippen LogP contribution in [0.15, 0.2) is 0 Å². The van der Waals surface area contributed by atoms with E-state index in [4.69, 9.17) is 9.47 Å². The Hall–Kier alpha value is -0.650. The van der Waals surface area contributed by atoms with E-state index in [2.05, 4.69) is 5.32 Å². The van der Waals surface area contributed by atoms with Gasteiger partial charge in [-0.05, 0) is 38.5 Å². The summed E-state index contributed by atoms with van der Waals surface area (Å²) in [5.74, 6) is 0.791. The molecule has 0 saturated carbocycles. The molecule has 2 rings (SSSR count). The molecule has 5 heteroatoms. The zero-order chi connectivity index (χ0) is 15.2. The molecule has 3 unspecified atom stereocenters. The zero-order valence-electron chi connectivity index (χ0n) is 13.6. The smallest absolute Gasteiger partial charge is 0.223 e. The van der Waals surface area contributed by atoms with E-state index >= 15 is 0 Å². The van der Waals surface area contributed by atoms with Gasteiger partial charge < -0.3 is 19.7 Å². The molecule has 3 atom stereocenters. The first-order valence-electron chi connectivity index (χ1n) is 8.17. The Kier molecular flexibility index (Phi) is 6.45. The van der Waals surface area contributed by atoms with Crippen molar-refractivity contribution in [1.29, 1.82) is 0 Å². The van der Waals surface area contributed by atoms with Crippen LogP contribution in [0.2, 0.25) is 0 Å². The highest BCUT2D eigenvalue weighted by Gasteiger charge is 2.35. The van der Waals surface area contributed by atoms with Gasteiger partial charge in [-0.1, -0.05) is 0 Å². The Morgan fingerprint density at radius 2 is 1.90 bits per heavy atom. The van der Waals surface area contributed by atoms with Gasteiger partial charge in [-0.3, -0.25) is 4.79 Å². The molecule has 0 aromatic carbocycles. The summed E-state index contributed by atoms with van der Waals surface area (Å²) in [5.41, 5.74) is 0. The lowest BCUT2D eigenvalue weighted by molar-refractivity contribution is -0.136. The van der Waals surface area contributed by atoms with E-state index in [0.29, 0.717) is 44.2 Å². The summed E-state index contributed by atoms with van der Waals surface area (Å²) < 4.78 is 10.3. The van der Waals surface area contributed by atoms with Gasteiger partial charge in [0.1, 0.15) is 0 Å². The van der Waals surface area contributed by atoms with Crippen LogP contribution in [0.4, 0.5) is 0 Å². The highest BCUT2D eigenvalue weighted by Crippen LogP contribution is 2.33. The van der Waals surface area contributed by atoms with E-state index in [0.717, 1.165) is 12.8 Å². The normalized spacial score (nSPS) is 29.4. The van der Waals surface area contributed by atoms with Crippen molar-refractivity contribution >= 4 is 5.91 Å². The largest absolute Gasteiger partial charge is 0.383 e. The maximum Gasteiger partial charge on any atom is 0.223 e. The Balaban J connectivity index is 1.87. The number of carbonyl (C=O) groups is 1. The Bertz CT molecular complexity index is 325. The van der Waals surface area contributed by atoms with Gasteiger partial charge in [-0.2, -0.15) is 0 Å². The Morgan fingerprint density at radius 3 is 2.48 bits per heavy atom. The molecular weight excluding hydrogens is 268 g/mol. The molecule has 2 heterocycles. The number of nitrogens with one attached hydrogen (secondary N) is 1. The van der Waals surface area contributed by atoms with Crippen LogP contribution in [0.3, 0.4) is 0 Å². The topological polar surface area (TPSA) is 50.8 Å². The number of ether oxygens (including phenoxy) is 2. The van der Waals surface area contributed by atoms with Gasteiger partial charge in [0, 0.05) is 39.3 Å². The molecule has 1 N–H and O–H groups in total. The minimum Gasteiger partial charge on any atom is -0.383 e. The third kappa shape index (κ3) is 4.66. The molecular formula is C16H30N2O3. The molecule has 2 aliphatic heterocycles. The van der Waals surface area contributed by atoms with E-state index < -0.39 is 0 Å². The quantitative estimate of drug-likeness (QED) is 0.736. The third-order valence-electron chi connectivity index (χ3n) is 4.83. The van der Waals surface area contributed by atoms with Crippen LogP contribution in [-0.4, -0.2) is 62.9 Å². The summed E-state index contributed by atoms with van der Waals surface area (Å²) in [7, 11) is 3.36. The first kappa shape index (κ1) is 16.7. The highest BCUT2D eigenvalue weighted by molar-refractivity contribution is 5.76. The van der Waals surface area contributed by atoms with Crippen LogP contribution in [0.25, 0.3) is 0 Å². The summed E-state index contributed by atoms with van der Waals surface area (Å²) in [6, 6.07) is 1.40. The minimum absolute atomic E-state index is 0.107. The molecule has 0 aliphatic carbocycles. The summed E-state index contributed by atoms with van der Waals surface area (Å²) in [6.07, 6.45) is 5.54. The number of carbonyl (C=O) groups excluding carboxylic acids is 1. The minimum atomic E-state index is 0.107. The maximum atomic E-state index is 12.7. The fraction of sp³-hybridized carbons (Fsp3) is 0.938. The molecule has 0 aromatic heterocycles. The molecule has 0 spiro atoms. The Morgan fingerprint density at radius 1 is 1.24 bits per heavy atom. The van der Waals surface area contributed by atoms with E-state index in [-0.39, 0.29) is 11.9 Å². The number of hydrogen-bond donors (Lipinski definition) is 1. The highest BCUT2D eigenvalue weighted by atomic mass is 16.5. The first-order chi connectivity index (χ1) is 10.1. The number of fused-ring (bicyclic) bond motifs is 2. The molecule has 0 aromatic rings. The first-order valence-corrected chi connectivity index (χ1v) is 8.17. The van der Waals surface area contributed by atoms with Gasteiger partial charge in [0.15, 0.2) is 0 Å². The average Bonchev–Trinajstić information content (AvgIpc) is 2.78. The molecule has 2 bridgehead atoms. The van der Waals surface area contributed by atoms with Crippen molar-refractivity contribution in [3.8, 4) is 0 Å². The van der Waals surface area contributed by atoms with Gasteiger partial charge >= 0.3 is 0 Å². The fourth-order valence-corrected chi connectivity index (χ4v) is 3.82. The van der Waals surface area contributed by atoms with E-state index in [9.17, 15) is 4.79 Å². The van der Waals surface area contributed by atoms with Crippen molar-refractivity contribution in [2.75, 3.05) is 34.0 Å². The lowest BCUT2D eigenvalue weighted by Crippen LogP contribution is -2.45. The second-order valence-electron chi connectivity index (χ2n) is 6.56. The lowest BCUT2D eigenvalue weighted by atomic mass is 9.89. The molecule has 2 aliphatic rings. The number of piperidine rings is 1. The van der Waals surface area contributed by atoms with E-state index in [1.54, 1.807) is 14.2 Å². The monoisotopic (exact) mass is 298 g/mol. The van der Waals surface area contributed by atoms with E-state index in [1.807, 2.05) is 11.8 Å². The second kappa shape index (κ2) is 8.11. The average molecular weight is 298 g/mol. The third-order valence-corrected chi connectivity index (χ3v) is 4.83. The molecule has 5 nitrogen and oxygen atoms in total. The zero-order valence-corrected chi connectivity index (χ0v) is 13.6. The van der Waals surface area contributed by atoms with Gasteiger partial charge in [-0.15, -0.1) is 0 Å². The van der Waals surface area contributed by atoms with Crippen molar-refractivity contribution in [3.63, 3.8) is 0 Å². The van der Waals surface area contributed by atoms with Crippen molar-refractivity contribution in [3.05, 3.63) is 0 Å². The second-order valence-corrected chi connectivity index (χ2v) is 6.56. The molecule has 122 valence electrons.